The molecule has 1 aliphatic heterocycles. The molecule has 0 N–H and O–H groups in total. The maximum absolute atomic E-state index is 13.4. The Labute approximate surface area is 164 Å². The summed E-state index contributed by atoms with van der Waals surface area (Å²) in [7, 11) is 1.62. The molecule has 1 aliphatic rings. The highest BCUT2D eigenvalue weighted by molar-refractivity contribution is 8.18. The Balaban J connectivity index is 1.58. The van der Waals surface area contributed by atoms with Gasteiger partial charge in [-0.3, -0.25) is 9.69 Å². The molecule has 0 saturated carbocycles. The largest absolute Gasteiger partial charge is 0.457 e. The van der Waals surface area contributed by atoms with Gasteiger partial charge in [-0.25, -0.2) is 13.8 Å². The number of likely N-dealkylation sites (N-methyl/N-ethyl adjacent to an activating group) is 1. The Hall–Kier alpha value is -3.19. The third-order valence-electron chi connectivity index (χ3n) is 4.06. The van der Waals surface area contributed by atoms with E-state index in [1.165, 1.54) is 40.9 Å². The fourth-order valence-corrected chi connectivity index (χ4v) is 3.60. The number of aliphatic imine (C=N–C) groups is 1. The summed E-state index contributed by atoms with van der Waals surface area (Å²) in [5.74, 6) is 0.0787. The molecule has 0 atom stereocenters. The first-order valence-corrected chi connectivity index (χ1v) is 9.19. The highest BCUT2D eigenvalue weighted by Gasteiger charge is 2.30. The number of amides is 1. The second kappa shape index (κ2) is 7.44. The summed E-state index contributed by atoms with van der Waals surface area (Å²) < 4.78 is 32.1. The van der Waals surface area contributed by atoms with Gasteiger partial charge in [-0.2, -0.15) is 0 Å². The van der Waals surface area contributed by atoms with Gasteiger partial charge < -0.3 is 4.42 Å². The van der Waals surface area contributed by atoms with Crippen LogP contribution in [0.5, 0.6) is 0 Å². The van der Waals surface area contributed by atoms with E-state index in [0.717, 1.165) is 0 Å². The van der Waals surface area contributed by atoms with Crippen LogP contribution in [0.2, 0.25) is 0 Å². The lowest BCUT2D eigenvalue weighted by Crippen LogP contribution is -2.23. The van der Waals surface area contributed by atoms with Crippen molar-refractivity contribution in [1.29, 1.82) is 0 Å². The third-order valence-corrected chi connectivity index (χ3v) is 5.12. The first-order chi connectivity index (χ1) is 13.5. The van der Waals surface area contributed by atoms with E-state index in [1.54, 1.807) is 49.5 Å². The summed E-state index contributed by atoms with van der Waals surface area (Å²) in [6.07, 6.45) is 1.62. The van der Waals surface area contributed by atoms with Crippen LogP contribution in [-0.4, -0.2) is 23.0 Å². The number of carbonyl (C=O) groups excluding carboxylic acids is 1. The number of thioether (sulfide) groups is 1. The van der Waals surface area contributed by atoms with Crippen LogP contribution in [0, 0.1) is 11.6 Å². The standard InChI is InChI=1S/C21H14F2N2O2S/c1-25-20(26)19(28-21(25)24-16-7-5-14(22)6-8-16)12-17-9-10-18(27-17)13-3-2-4-15(23)11-13/h2-12H,1H3/b19-12-,24-21?. The van der Waals surface area contributed by atoms with Gasteiger partial charge in [0.25, 0.3) is 5.91 Å². The van der Waals surface area contributed by atoms with Crippen molar-refractivity contribution < 1.29 is 18.0 Å². The van der Waals surface area contributed by atoms with Crippen molar-refractivity contribution in [3.05, 3.63) is 83.0 Å². The van der Waals surface area contributed by atoms with Gasteiger partial charge in [0.15, 0.2) is 5.17 Å². The third kappa shape index (κ3) is 3.75. The lowest BCUT2D eigenvalue weighted by molar-refractivity contribution is -0.121. The minimum Gasteiger partial charge on any atom is -0.457 e. The molecule has 0 aliphatic carbocycles. The fourth-order valence-electron chi connectivity index (χ4n) is 2.63. The van der Waals surface area contributed by atoms with Crippen LogP contribution < -0.4 is 0 Å². The van der Waals surface area contributed by atoms with Crippen LogP contribution in [-0.2, 0) is 4.79 Å². The molecule has 0 bridgehead atoms. The van der Waals surface area contributed by atoms with Crippen LogP contribution in [0.15, 0.2) is 75.0 Å². The summed E-state index contributed by atoms with van der Waals surface area (Å²) in [4.78, 5) is 18.8. The number of furan rings is 1. The van der Waals surface area contributed by atoms with Crippen LogP contribution in [0.1, 0.15) is 5.76 Å². The molecule has 0 radical (unpaired) electrons. The zero-order chi connectivity index (χ0) is 19.7. The molecule has 2 aromatic carbocycles. The summed E-state index contributed by atoms with van der Waals surface area (Å²) in [6.45, 7) is 0. The van der Waals surface area contributed by atoms with Gasteiger partial charge in [0.05, 0.1) is 10.6 Å². The Morgan fingerprint density at radius 3 is 2.57 bits per heavy atom. The molecule has 3 aromatic rings. The van der Waals surface area contributed by atoms with Gasteiger partial charge in [-0.15, -0.1) is 0 Å². The van der Waals surface area contributed by atoms with E-state index < -0.39 is 0 Å². The van der Waals surface area contributed by atoms with E-state index >= 15 is 0 Å². The van der Waals surface area contributed by atoms with E-state index in [9.17, 15) is 13.6 Å². The SMILES string of the molecule is CN1C(=O)/C(=C/c2ccc(-c3cccc(F)c3)o2)SC1=Nc1ccc(F)cc1. The predicted molar refractivity (Wildman–Crippen MR) is 106 cm³/mol. The average molecular weight is 396 g/mol. The van der Waals surface area contributed by atoms with Crippen molar-refractivity contribution in [3.63, 3.8) is 0 Å². The van der Waals surface area contributed by atoms with Crippen LogP contribution in [0.25, 0.3) is 17.4 Å². The van der Waals surface area contributed by atoms with E-state index in [4.69, 9.17) is 4.42 Å². The fraction of sp³-hybridized carbons (Fsp3) is 0.0476. The van der Waals surface area contributed by atoms with Crippen LogP contribution >= 0.6 is 11.8 Å². The van der Waals surface area contributed by atoms with Crippen molar-refractivity contribution >= 4 is 34.6 Å². The number of halogens is 2. The summed E-state index contributed by atoms with van der Waals surface area (Å²) >= 11 is 1.20. The molecule has 7 heteroatoms. The van der Waals surface area contributed by atoms with Gasteiger partial charge >= 0.3 is 0 Å². The van der Waals surface area contributed by atoms with Crippen LogP contribution in [0.3, 0.4) is 0 Å². The Morgan fingerprint density at radius 2 is 1.82 bits per heavy atom. The van der Waals surface area contributed by atoms with E-state index in [1.807, 2.05) is 0 Å². The van der Waals surface area contributed by atoms with Crippen molar-refractivity contribution in [2.45, 2.75) is 0 Å². The van der Waals surface area contributed by atoms with Gasteiger partial charge in [0.1, 0.15) is 23.2 Å². The molecule has 28 heavy (non-hydrogen) atoms. The summed E-state index contributed by atoms with van der Waals surface area (Å²) in [5, 5.41) is 0.486. The molecule has 2 heterocycles. The quantitative estimate of drug-likeness (QED) is 0.553. The van der Waals surface area contributed by atoms with Gasteiger partial charge in [0.2, 0.25) is 0 Å². The van der Waals surface area contributed by atoms with E-state index in [2.05, 4.69) is 4.99 Å². The lowest BCUT2D eigenvalue weighted by atomic mass is 10.2. The van der Waals surface area contributed by atoms with Crippen LogP contribution in [0.4, 0.5) is 14.5 Å². The molecule has 140 valence electrons. The average Bonchev–Trinajstić information content (AvgIpc) is 3.25. The molecule has 0 unspecified atom stereocenters. The number of benzene rings is 2. The zero-order valence-corrected chi connectivity index (χ0v) is 15.5. The molecular weight excluding hydrogens is 382 g/mol. The summed E-state index contributed by atoms with van der Waals surface area (Å²) in [6, 6.07) is 15.3. The molecule has 1 amide bonds. The Morgan fingerprint density at radius 1 is 1.04 bits per heavy atom. The Bertz CT molecular complexity index is 1100. The van der Waals surface area contributed by atoms with Crippen molar-refractivity contribution in [3.8, 4) is 11.3 Å². The summed E-state index contributed by atoms with van der Waals surface area (Å²) in [5.41, 5.74) is 1.17. The first kappa shape index (κ1) is 18.2. The predicted octanol–water partition coefficient (Wildman–Crippen LogP) is 5.46. The number of hydrogen-bond acceptors (Lipinski definition) is 4. The number of nitrogens with zero attached hydrogens (tertiary/aromatic N) is 2. The molecule has 1 saturated heterocycles. The maximum Gasteiger partial charge on any atom is 0.266 e. The van der Waals surface area contributed by atoms with Crippen molar-refractivity contribution in [2.75, 3.05) is 7.05 Å². The number of amidine groups is 1. The second-order valence-corrected chi connectivity index (χ2v) is 7.07. The smallest absolute Gasteiger partial charge is 0.266 e. The topological polar surface area (TPSA) is 45.8 Å². The molecule has 1 aromatic heterocycles. The molecule has 0 spiro atoms. The Kier molecular flexibility index (Phi) is 4.83. The molecule has 4 rings (SSSR count). The first-order valence-electron chi connectivity index (χ1n) is 8.37. The number of carbonyl (C=O) groups is 1. The number of hydrogen-bond donors (Lipinski definition) is 0. The highest BCUT2D eigenvalue weighted by Crippen LogP contribution is 2.34. The van der Waals surface area contributed by atoms with Crippen molar-refractivity contribution in [1.82, 2.24) is 4.90 Å². The molecule has 4 nitrogen and oxygen atoms in total. The second-order valence-electron chi connectivity index (χ2n) is 6.06. The minimum atomic E-state index is -0.349. The monoisotopic (exact) mass is 396 g/mol. The van der Waals surface area contributed by atoms with E-state index in [0.29, 0.717) is 32.8 Å². The van der Waals surface area contributed by atoms with Gasteiger partial charge in [-0.05, 0) is 60.3 Å². The molecular formula is C21H14F2N2O2S. The van der Waals surface area contributed by atoms with Gasteiger partial charge in [0, 0.05) is 18.7 Å². The van der Waals surface area contributed by atoms with Crippen molar-refractivity contribution in [2.24, 2.45) is 4.99 Å². The molecule has 1 fully saturated rings. The maximum atomic E-state index is 13.4. The lowest BCUT2D eigenvalue weighted by Gasteiger charge is -2.06. The normalized spacial score (nSPS) is 17.1. The highest BCUT2D eigenvalue weighted by atomic mass is 32.2. The van der Waals surface area contributed by atoms with Gasteiger partial charge in [-0.1, -0.05) is 12.1 Å². The minimum absolute atomic E-state index is 0.213. The van der Waals surface area contributed by atoms with E-state index in [-0.39, 0.29) is 17.5 Å². The number of rotatable bonds is 3. The zero-order valence-electron chi connectivity index (χ0n) is 14.7.